The minimum Gasteiger partial charge on any atom is -0.481 e. The van der Waals surface area contributed by atoms with Crippen LogP contribution in [0, 0.1) is 5.82 Å². The van der Waals surface area contributed by atoms with E-state index < -0.39 is 23.7 Å². The predicted molar refractivity (Wildman–Crippen MR) is 83.6 cm³/mol. The van der Waals surface area contributed by atoms with Gasteiger partial charge in [-0.1, -0.05) is 11.6 Å². The van der Waals surface area contributed by atoms with E-state index in [2.05, 4.69) is 10.9 Å². The monoisotopic (exact) mass is 336 g/mol. The Morgan fingerprint density at radius 1 is 1.04 bits per heavy atom. The number of hydrazine groups is 1. The smallest absolute Gasteiger partial charge is 0.279 e. The number of hydrogen-bond donors (Lipinski definition) is 2. The molecule has 23 heavy (non-hydrogen) atoms. The molecule has 0 heterocycles. The van der Waals surface area contributed by atoms with Gasteiger partial charge in [-0.2, -0.15) is 0 Å². The minimum absolute atomic E-state index is 0.345. The Balaban J connectivity index is 1.84. The highest BCUT2D eigenvalue weighted by molar-refractivity contribution is 6.30. The van der Waals surface area contributed by atoms with Crippen molar-refractivity contribution in [2.75, 3.05) is 0 Å². The Labute approximate surface area is 137 Å². The number of nitrogens with one attached hydrogen (secondary N) is 2. The summed E-state index contributed by atoms with van der Waals surface area (Å²) in [6.07, 6.45) is -0.869. The molecule has 1 atom stereocenters. The molecule has 0 aliphatic rings. The summed E-state index contributed by atoms with van der Waals surface area (Å²) in [5, 5.41) is 0.506. The number of ether oxygens (including phenoxy) is 1. The van der Waals surface area contributed by atoms with Gasteiger partial charge in [0, 0.05) is 10.6 Å². The number of carbonyl (C=O) groups is 2. The highest BCUT2D eigenvalue weighted by Crippen LogP contribution is 2.13. The number of carbonyl (C=O) groups excluding carboxylic acids is 2. The third-order valence-electron chi connectivity index (χ3n) is 2.90. The summed E-state index contributed by atoms with van der Waals surface area (Å²) >= 11 is 5.73. The first-order valence-corrected chi connectivity index (χ1v) is 7.11. The molecule has 2 aromatic carbocycles. The van der Waals surface area contributed by atoms with Crippen LogP contribution in [-0.2, 0) is 4.79 Å². The maximum atomic E-state index is 12.8. The van der Waals surface area contributed by atoms with Crippen LogP contribution in [0.2, 0.25) is 5.02 Å². The summed E-state index contributed by atoms with van der Waals surface area (Å²) in [7, 11) is 0. The Bertz CT molecular complexity index is 689. The molecule has 0 saturated carbocycles. The standard InChI is InChI=1S/C16H14ClFN2O3/c1-10(23-14-8-6-13(18)7-9-14)15(21)19-20-16(22)11-2-4-12(17)5-3-11/h2-10H,1H3,(H,19,21)(H,20,22)/t10-/m1/s1. The van der Waals surface area contributed by atoms with Gasteiger partial charge in [-0.25, -0.2) is 4.39 Å². The zero-order valence-corrected chi connectivity index (χ0v) is 12.9. The molecule has 5 nitrogen and oxygen atoms in total. The van der Waals surface area contributed by atoms with E-state index in [4.69, 9.17) is 16.3 Å². The molecule has 2 N–H and O–H groups in total. The van der Waals surface area contributed by atoms with E-state index in [9.17, 15) is 14.0 Å². The van der Waals surface area contributed by atoms with Crippen molar-refractivity contribution in [3.8, 4) is 5.75 Å². The Morgan fingerprint density at radius 3 is 2.26 bits per heavy atom. The molecule has 0 aromatic heterocycles. The second kappa shape index (κ2) is 7.60. The molecular weight excluding hydrogens is 323 g/mol. The topological polar surface area (TPSA) is 67.4 Å². The lowest BCUT2D eigenvalue weighted by Crippen LogP contribution is -2.47. The van der Waals surface area contributed by atoms with Gasteiger partial charge < -0.3 is 4.74 Å². The third-order valence-corrected chi connectivity index (χ3v) is 3.15. The molecular formula is C16H14ClFN2O3. The van der Waals surface area contributed by atoms with Gasteiger partial charge in [0.1, 0.15) is 11.6 Å². The van der Waals surface area contributed by atoms with Crippen molar-refractivity contribution in [1.29, 1.82) is 0 Å². The van der Waals surface area contributed by atoms with Gasteiger partial charge in [0.05, 0.1) is 0 Å². The summed E-state index contributed by atoms with van der Waals surface area (Å²) in [4.78, 5) is 23.7. The summed E-state index contributed by atoms with van der Waals surface area (Å²) in [6, 6.07) is 11.5. The normalized spacial score (nSPS) is 11.4. The van der Waals surface area contributed by atoms with E-state index in [0.29, 0.717) is 16.3 Å². The van der Waals surface area contributed by atoms with E-state index in [0.717, 1.165) is 0 Å². The summed E-state index contributed by atoms with van der Waals surface area (Å²) < 4.78 is 18.1. The lowest BCUT2D eigenvalue weighted by Gasteiger charge is -2.15. The van der Waals surface area contributed by atoms with Crippen LogP contribution in [0.4, 0.5) is 4.39 Å². The molecule has 2 rings (SSSR count). The fraction of sp³-hybridized carbons (Fsp3) is 0.125. The van der Waals surface area contributed by atoms with Crippen molar-refractivity contribution < 1.29 is 18.7 Å². The van der Waals surface area contributed by atoms with Gasteiger partial charge in [-0.3, -0.25) is 20.4 Å². The fourth-order valence-electron chi connectivity index (χ4n) is 1.66. The second-order valence-corrected chi connectivity index (χ2v) is 5.10. The average Bonchev–Trinajstić information content (AvgIpc) is 2.55. The Kier molecular flexibility index (Phi) is 5.54. The van der Waals surface area contributed by atoms with Gasteiger partial charge in [-0.15, -0.1) is 0 Å². The SMILES string of the molecule is C[C@@H](Oc1ccc(F)cc1)C(=O)NNC(=O)c1ccc(Cl)cc1. The highest BCUT2D eigenvalue weighted by Gasteiger charge is 2.16. The number of hydrogen-bond acceptors (Lipinski definition) is 3. The van der Waals surface area contributed by atoms with Crippen LogP contribution >= 0.6 is 11.6 Å². The van der Waals surface area contributed by atoms with Gasteiger partial charge in [0.2, 0.25) is 0 Å². The Hall–Kier alpha value is -2.60. The molecule has 0 unspecified atom stereocenters. The van der Waals surface area contributed by atoms with Crippen molar-refractivity contribution in [2.45, 2.75) is 13.0 Å². The minimum atomic E-state index is -0.869. The van der Waals surface area contributed by atoms with Crippen molar-refractivity contribution in [3.05, 3.63) is 64.9 Å². The van der Waals surface area contributed by atoms with Crippen molar-refractivity contribution in [2.24, 2.45) is 0 Å². The van der Waals surface area contributed by atoms with Crippen LogP contribution in [-0.4, -0.2) is 17.9 Å². The number of amides is 2. The molecule has 0 radical (unpaired) electrons. The quantitative estimate of drug-likeness (QED) is 0.844. The number of rotatable bonds is 4. The largest absolute Gasteiger partial charge is 0.481 e. The van der Waals surface area contributed by atoms with Crippen LogP contribution in [0.25, 0.3) is 0 Å². The van der Waals surface area contributed by atoms with Gasteiger partial charge in [0.25, 0.3) is 11.8 Å². The van der Waals surface area contributed by atoms with Crippen LogP contribution in [0.5, 0.6) is 5.75 Å². The van der Waals surface area contributed by atoms with E-state index in [1.807, 2.05) is 0 Å². The predicted octanol–water partition coefficient (Wildman–Crippen LogP) is 2.71. The lowest BCUT2D eigenvalue weighted by atomic mass is 10.2. The molecule has 7 heteroatoms. The highest BCUT2D eigenvalue weighted by atomic mass is 35.5. The lowest BCUT2D eigenvalue weighted by molar-refractivity contribution is -0.128. The van der Waals surface area contributed by atoms with E-state index in [1.165, 1.54) is 43.3 Å². The second-order valence-electron chi connectivity index (χ2n) is 4.66. The summed E-state index contributed by atoms with van der Waals surface area (Å²) in [6.45, 7) is 1.51. The molecule has 2 aromatic rings. The molecule has 120 valence electrons. The van der Waals surface area contributed by atoms with E-state index in [-0.39, 0.29) is 0 Å². The van der Waals surface area contributed by atoms with Crippen molar-refractivity contribution >= 4 is 23.4 Å². The van der Waals surface area contributed by atoms with E-state index >= 15 is 0 Å². The molecule has 0 fully saturated rings. The zero-order valence-electron chi connectivity index (χ0n) is 12.2. The fourth-order valence-corrected chi connectivity index (χ4v) is 1.79. The van der Waals surface area contributed by atoms with Gasteiger partial charge in [-0.05, 0) is 55.5 Å². The maximum Gasteiger partial charge on any atom is 0.279 e. The molecule has 0 saturated heterocycles. The average molecular weight is 337 g/mol. The van der Waals surface area contributed by atoms with Gasteiger partial charge >= 0.3 is 0 Å². The van der Waals surface area contributed by atoms with Crippen molar-refractivity contribution in [3.63, 3.8) is 0 Å². The number of benzene rings is 2. The maximum absolute atomic E-state index is 12.8. The van der Waals surface area contributed by atoms with Crippen LogP contribution < -0.4 is 15.6 Å². The number of halogens is 2. The molecule has 0 aliphatic heterocycles. The first-order valence-electron chi connectivity index (χ1n) is 6.73. The van der Waals surface area contributed by atoms with Crippen LogP contribution in [0.1, 0.15) is 17.3 Å². The molecule has 0 bridgehead atoms. The summed E-state index contributed by atoms with van der Waals surface area (Å²) in [5.74, 6) is -1.08. The molecule has 2 amide bonds. The zero-order chi connectivity index (χ0) is 16.8. The molecule has 0 aliphatic carbocycles. The van der Waals surface area contributed by atoms with Crippen LogP contribution in [0.3, 0.4) is 0 Å². The first-order chi connectivity index (χ1) is 11.0. The van der Waals surface area contributed by atoms with Crippen molar-refractivity contribution in [1.82, 2.24) is 10.9 Å². The van der Waals surface area contributed by atoms with Gasteiger partial charge in [0.15, 0.2) is 6.10 Å². The van der Waals surface area contributed by atoms with Crippen LogP contribution in [0.15, 0.2) is 48.5 Å². The Morgan fingerprint density at radius 2 is 1.65 bits per heavy atom. The summed E-state index contributed by atoms with van der Waals surface area (Å²) in [5.41, 5.74) is 4.88. The van der Waals surface area contributed by atoms with E-state index in [1.54, 1.807) is 12.1 Å². The molecule has 0 spiro atoms. The first kappa shape index (κ1) is 16.8. The third kappa shape index (κ3) is 4.96.